The number of rotatable bonds is 4. The van der Waals surface area contributed by atoms with Crippen molar-refractivity contribution in [2.45, 2.75) is 24.7 Å². The highest BCUT2D eigenvalue weighted by Crippen LogP contribution is 2.44. The van der Waals surface area contributed by atoms with E-state index in [2.05, 4.69) is 15.4 Å². The van der Waals surface area contributed by atoms with Gasteiger partial charge in [0.1, 0.15) is 17.7 Å². The van der Waals surface area contributed by atoms with E-state index >= 15 is 0 Å². The molecule has 3 aromatic rings. The lowest BCUT2D eigenvalue weighted by atomic mass is 9.63. The third kappa shape index (κ3) is 3.31. The fraction of sp³-hybridized carbons (Fsp3) is 0.227. The number of nitrogen functional groups attached to an aromatic ring is 1. The summed E-state index contributed by atoms with van der Waals surface area (Å²) in [5.41, 5.74) is 8.67. The largest absolute Gasteiger partial charge is 0.383 e. The summed E-state index contributed by atoms with van der Waals surface area (Å²) in [6, 6.07) is 11.6. The van der Waals surface area contributed by atoms with Crippen LogP contribution < -0.4 is 11.1 Å². The molecular weight excluding hydrogens is 378 g/mol. The van der Waals surface area contributed by atoms with Gasteiger partial charge >= 0.3 is 0 Å². The molecule has 1 amide bonds. The van der Waals surface area contributed by atoms with E-state index in [0.717, 1.165) is 36.0 Å². The summed E-state index contributed by atoms with van der Waals surface area (Å²) in [5.74, 6) is 0.0911. The van der Waals surface area contributed by atoms with Gasteiger partial charge in [-0.1, -0.05) is 30.7 Å². The Morgan fingerprint density at radius 3 is 2.57 bits per heavy atom. The number of amidine groups is 1. The van der Waals surface area contributed by atoms with Crippen LogP contribution in [0, 0.1) is 16.7 Å². The molecule has 0 saturated heterocycles. The Balaban J connectivity index is 1.56. The van der Waals surface area contributed by atoms with Crippen molar-refractivity contribution in [3.8, 4) is 17.2 Å². The maximum absolute atomic E-state index is 12.5. The maximum atomic E-state index is 12.5. The average molecular weight is 399 g/mol. The van der Waals surface area contributed by atoms with Crippen molar-refractivity contribution in [2.24, 2.45) is 7.05 Å². The minimum Gasteiger partial charge on any atom is -0.383 e. The number of amides is 1. The van der Waals surface area contributed by atoms with Gasteiger partial charge in [-0.2, -0.15) is 10.4 Å². The van der Waals surface area contributed by atoms with E-state index in [-0.39, 0.29) is 17.6 Å². The quantitative estimate of drug-likeness (QED) is 0.458. The second-order valence-corrected chi connectivity index (χ2v) is 7.51. The monoisotopic (exact) mass is 399 g/mol. The van der Waals surface area contributed by atoms with Crippen LogP contribution in [-0.2, 0) is 12.5 Å². The van der Waals surface area contributed by atoms with Gasteiger partial charge in [0.25, 0.3) is 5.91 Å². The van der Waals surface area contributed by atoms with Gasteiger partial charge < -0.3 is 11.1 Å². The van der Waals surface area contributed by atoms with Crippen molar-refractivity contribution in [1.29, 1.82) is 10.7 Å². The predicted octanol–water partition coefficient (Wildman–Crippen LogP) is 2.76. The summed E-state index contributed by atoms with van der Waals surface area (Å²) in [5, 5.41) is 24.5. The van der Waals surface area contributed by atoms with Crippen LogP contribution in [0.4, 0.5) is 5.82 Å². The number of benzene rings is 1. The molecule has 4 rings (SSSR count). The molecule has 8 nitrogen and oxygen atoms in total. The summed E-state index contributed by atoms with van der Waals surface area (Å²) in [6.45, 7) is 0. The molecule has 30 heavy (non-hydrogen) atoms. The number of carbonyl (C=O) groups is 1. The van der Waals surface area contributed by atoms with Crippen molar-refractivity contribution in [3.63, 3.8) is 0 Å². The standard InChI is InChI=1S/C22H21N7O/c1-29-13-17(12-27-29)20(30)28-21(25)22(7-2-8-22)18-5-3-14(4-6-18)16-9-15(10-23)19(24)26-11-16/h3-6,9,11-13H,2,7-8H2,1H3,(H2,24,26)(H2,25,28,30). The van der Waals surface area contributed by atoms with Crippen LogP contribution in [0.3, 0.4) is 0 Å². The number of nitrogens with two attached hydrogens (primary N) is 1. The van der Waals surface area contributed by atoms with E-state index in [9.17, 15) is 4.79 Å². The Hall–Kier alpha value is -3.99. The lowest BCUT2D eigenvalue weighted by Crippen LogP contribution is -2.50. The Bertz CT molecular complexity index is 1170. The Morgan fingerprint density at radius 2 is 2.00 bits per heavy atom. The van der Waals surface area contributed by atoms with Gasteiger partial charge in [0.15, 0.2) is 0 Å². The highest BCUT2D eigenvalue weighted by Gasteiger charge is 2.43. The highest BCUT2D eigenvalue weighted by atomic mass is 16.1. The Labute approximate surface area is 173 Å². The van der Waals surface area contributed by atoms with E-state index in [1.807, 2.05) is 30.3 Å². The van der Waals surface area contributed by atoms with Gasteiger partial charge in [0.2, 0.25) is 0 Å². The van der Waals surface area contributed by atoms with Gasteiger partial charge in [-0.05, 0) is 30.0 Å². The first-order chi connectivity index (χ1) is 14.4. The van der Waals surface area contributed by atoms with Gasteiger partial charge in [0, 0.05) is 25.0 Å². The van der Waals surface area contributed by atoms with Gasteiger partial charge in [-0.15, -0.1) is 0 Å². The number of nitrogens with zero attached hydrogens (tertiary/aromatic N) is 4. The van der Waals surface area contributed by atoms with Gasteiger partial charge in [-0.25, -0.2) is 4.98 Å². The zero-order chi connectivity index (χ0) is 21.3. The second-order valence-electron chi connectivity index (χ2n) is 7.51. The molecule has 1 aromatic carbocycles. The third-order valence-corrected chi connectivity index (χ3v) is 5.70. The number of aryl methyl sites for hydroxylation is 1. The topological polar surface area (TPSA) is 133 Å². The molecular formula is C22H21N7O. The lowest BCUT2D eigenvalue weighted by Gasteiger charge is -2.42. The Morgan fingerprint density at radius 1 is 1.27 bits per heavy atom. The van der Waals surface area contributed by atoms with Gasteiger partial charge in [-0.3, -0.25) is 14.9 Å². The first-order valence-electron chi connectivity index (χ1n) is 9.58. The maximum Gasteiger partial charge on any atom is 0.259 e. The van der Waals surface area contributed by atoms with E-state index in [1.54, 1.807) is 30.2 Å². The zero-order valence-electron chi connectivity index (χ0n) is 16.5. The molecule has 150 valence electrons. The normalized spacial score (nSPS) is 14.4. The molecule has 0 spiro atoms. The molecule has 0 unspecified atom stereocenters. The second kappa shape index (κ2) is 7.44. The van der Waals surface area contributed by atoms with Crippen molar-refractivity contribution < 1.29 is 4.79 Å². The molecule has 1 fully saturated rings. The number of pyridine rings is 1. The summed E-state index contributed by atoms with van der Waals surface area (Å²) < 4.78 is 1.56. The zero-order valence-corrected chi connectivity index (χ0v) is 16.5. The number of carbonyl (C=O) groups excluding carboxylic acids is 1. The molecule has 1 aliphatic carbocycles. The summed E-state index contributed by atoms with van der Waals surface area (Å²) in [6.07, 6.45) is 7.36. The molecule has 2 heterocycles. The Kier molecular flexibility index (Phi) is 4.80. The van der Waals surface area contributed by atoms with Crippen LogP contribution in [0.5, 0.6) is 0 Å². The molecule has 2 aromatic heterocycles. The van der Waals surface area contributed by atoms with Crippen molar-refractivity contribution >= 4 is 17.6 Å². The molecule has 4 N–H and O–H groups in total. The smallest absolute Gasteiger partial charge is 0.259 e. The molecule has 0 radical (unpaired) electrons. The molecule has 0 aliphatic heterocycles. The third-order valence-electron chi connectivity index (χ3n) is 5.70. The number of anilines is 1. The highest BCUT2D eigenvalue weighted by molar-refractivity contribution is 6.09. The summed E-state index contributed by atoms with van der Waals surface area (Å²) in [4.78, 5) is 16.5. The summed E-state index contributed by atoms with van der Waals surface area (Å²) in [7, 11) is 1.74. The van der Waals surface area contributed by atoms with Gasteiger partial charge in [0.05, 0.1) is 22.7 Å². The van der Waals surface area contributed by atoms with E-state index in [1.165, 1.54) is 6.20 Å². The van der Waals surface area contributed by atoms with Crippen molar-refractivity contribution in [3.05, 3.63) is 65.6 Å². The fourth-order valence-corrected chi connectivity index (χ4v) is 3.76. The molecule has 0 bridgehead atoms. The van der Waals surface area contributed by atoms with E-state index < -0.39 is 5.41 Å². The predicted molar refractivity (Wildman–Crippen MR) is 113 cm³/mol. The number of nitrogens with one attached hydrogen (secondary N) is 2. The first-order valence-corrected chi connectivity index (χ1v) is 9.58. The first kappa shape index (κ1) is 19.3. The molecule has 8 heteroatoms. The van der Waals surface area contributed by atoms with Crippen LogP contribution in [0.1, 0.15) is 40.7 Å². The number of hydrogen-bond donors (Lipinski definition) is 3. The van der Waals surface area contributed by atoms with Crippen LogP contribution in [-0.4, -0.2) is 26.5 Å². The average Bonchev–Trinajstić information content (AvgIpc) is 3.15. The van der Waals surface area contributed by atoms with Crippen molar-refractivity contribution in [2.75, 3.05) is 5.73 Å². The summed E-state index contributed by atoms with van der Waals surface area (Å²) >= 11 is 0. The minimum atomic E-state index is -0.492. The van der Waals surface area contributed by atoms with Crippen LogP contribution >= 0.6 is 0 Å². The van der Waals surface area contributed by atoms with Crippen LogP contribution in [0.2, 0.25) is 0 Å². The minimum absolute atomic E-state index is 0.205. The van der Waals surface area contributed by atoms with Crippen LogP contribution in [0.15, 0.2) is 48.9 Å². The fourth-order valence-electron chi connectivity index (χ4n) is 3.76. The number of nitriles is 1. The number of hydrogen-bond acceptors (Lipinski definition) is 6. The lowest BCUT2D eigenvalue weighted by molar-refractivity contribution is 0.0972. The number of aromatic nitrogens is 3. The molecule has 1 saturated carbocycles. The van der Waals surface area contributed by atoms with E-state index in [4.69, 9.17) is 16.4 Å². The van der Waals surface area contributed by atoms with E-state index in [0.29, 0.717) is 11.1 Å². The molecule has 1 aliphatic rings. The SMILES string of the molecule is Cn1cc(C(=O)NC(=N)C2(c3ccc(-c4cnc(N)c(C#N)c4)cc3)CCC2)cn1. The molecule has 0 atom stereocenters. The van der Waals surface area contributed by atoms with Crippen LogP contribution in [0.25, 0.3) is 11.1 Å². The van der Waals surface area contributed by atoms with Crippen molar-refractivity contribution in [1.82, 2.24) is 20.1 Å².